The maximum Gasteiger partial charge on any atom is 0.252 e. The molecule has 142 valence electrons. The Morgan fingerprint density at radius 1 is 0.857 bits per heavy atom. The predicted molar refractivity (Wildman–Crippen MR) is 102 cm³/mol. The van der Waals surface area contributed by atoms with Crippen LogP contribution in [0.2, 0.25) is 0 Å². The minimum Gasteiger partial charge on any atom is -0.368 e. The fourth-order valence-electron chi connectivity index (χ4n) is 2.85. The molecule has 0 radical (unpaired) electrons. The largest absolute Gasteiger partial charge is 0.368 e. The number of rotatable bonds is 6. The van der Waals surface area contributed by atoms with E-state index in [-0.39, 0.29) is 12.0 Å². The van der Waals surface area contributed by atoms with Gasteiger partial charge in [0.2, 0.25) is 5.91 Å². The van der Waals surface area contributed by atoms with Crippen LogP contribution < -0.4 is 11.1 Å². The Hall–Kier alpha value is -3.54. The summed E-state index contributed by atoms with van der Waals surface area (Å²) in [5.74, 6) is -3.27. The van der Waals surface area contributed by atoms with E-state index in [1.54, 1.807) is 0 Å². The first-order valence-electron chi connectivity index (χ1n) is 8.63. The highest BCUT2D eigenvalue weighted by Crippen LogP contribution is 2.20. The lowest BCUT2D eigenvalue weighted by molar-refractivity contribution is -0.119. The molecular weight excluding hydrogens is 362 g/mol. The Balaban J connectivity index is 1.72. The van der Waals surface area contributed by atoms with Crippen LogP contribution in [0.15, 0.2) is 72.8 Å². The second-order valence-corrected chi connectivity index (χ2v) is 6.35. The van der Waals surface area contributed by atoms with Crippen LogP contribution >= 0.6 is 0 Å². The molecule has 3 rings (SSSR count). The van der Waals surface area contributed by atoms with Crippen LogP contribution in [0.25, 0.3) is 11.1 Å². The molecule has 0 aliphatic heterocycles. The Kier molecular flexibility index (Phi) is 5.79. The molecule has 3 N–H and O–H groups in total. The van der Waals surface area contributed by atoms with E-state index in [0.717, 1.165) is 28.8 Å². The van der Waals surface area contributed by atoms with Gasteiger partial charge in [-0.15, -0.1) is 0 Å². The maximum atomic E-state index is 13.3. The summed E-state index contributed by atoms with van der Waals surface area (Å²) < 4.78 is 26.6. The number of benzene rings is 3. The molecule has 3 aromatic carbocycles. The van der Waals surface area contributed by atoms with Gasteiger partial charge in [0.25, 0.3) is 5.91 Å². The van der Waals surface area contributed by atoms with Gasteiger partial charge in [-0.25, -0.2) is 8.78 Å². The SMILES string of the molecule is NC(=O)[C@H](Cc1ccc(-c2ccccc2)cc1)NC(=O)c1cc(F)cc(F)c1. The van der Waals surface area contributed by atoms with Gasteiger partial charge in [0.05, 0.1) is 0 Å². The fraction of sp³-hybridized carbons (Fsp3) is 0.0909. The fourth-order valence-corrected chi connectivity index (χ4v) is 2.85. The third kappa shape index (κ3) is 4.79. The van der Waals surface area contributed by atoms with Crippen LogP contribution in [0.3, 0.4) is 0 Å². The second kappa shape index (κ2) is 8.43. The zero-order valence-electron chi connectivity index (χ0n) is 14.9. The van der Waals surface area contributed by atoms with E-state index in [9.17, 15) is 18.4 Å². The molecule has 4 nitrogen and oxygen atoms in total. The van der Waals surface area contributed by atoms with Gasteiger partial charge >= 0.3 is 0 Å². The summed E-state index contributed by atoms with van der Waals surface area (Å²) in [5, 5.41) is 2.44. The topological polar surface area (TPSA) is 72.2 Å². The highest BCUT2D eigenvalue weighted by atomic mass is 19.1. The van der Waals surface area contributed by atoms with Crippen molar-refractivity contribution in [2.75, 3.05) is 0 Å². The number of primary amides is 1. The van der Waals surface area contributed by atoms with E-state index in [0.29, 0.717) is 6.07 Å². The number of nitrogens with one attached hydrogen (secondary N) is 1. The summed E-state index contributed by atoms with van der Waals surface area (Å²) in [5.41, 5.74) is 8.03. The number of carbonyl (C=O) groups excluding carboxylic acids is 2. The van der Waals surface area contributed by atoms with Crippen molar-refractivity contribution in [1.29, 1.82) is 0 Å². The van der Waals surface area contributed by atoms with Crippen LogP contribution in [0.4, 0.5) is 8.78 Å². The van der Waals surface area contributed by atoms with Crippen molar-refractivity contribution >= 4 is 11.8 Å². The number of hydrogen-bond donors (Lipinski definition) is 2. The lowest BCUT2D eigenvalue weighted by Crippen LogP contribution is -2.45. The number of carbonyl (C=O) groups is 2. The van der Waals surface area contributed by atoms with Gasteiger partial charge in [-0.1, -0.05) is 54.6 Å². The number of halogens is 2. The lowest BCUT2D eigenvalue weighted by Gasteiger charge is -2.16. The molecule has 28 heavy (non-hydrogen) atoms. The molecule has 0 saturated heterocycles. The van der Waals surface area contributed by atoms with E-state index in [2.05, 4.69) is 5.32 Å². The Morgan fingerprint density at radius 3 is 2.00 bits per heavy atom. The standard InChI is InChI=1S/C22H18F2N2O2/c23-18-11-17(12-19(24)13-18)22(28)26-20(21(25)27)10-14-6-8-16(9-7-14)15-4-2-1-3-5-15/h1-9,11-13,20H,10H2,(H2,25,27)(H,26,28)/t20-/m0/s1. The first-order chi connectivity index (χ1) is 13.4. The molecular formula is C22H18F2N2O2. The smallest absolute Gasteiger partial charge is 0.252 e. The van der Waals surface area contributed by atoms with Crippen molar-refractivity contribution in [2.24, 2.45) is 5.73 Å². The van der Waals surface area contributed by atoms with Crippen LogP contribution in [-0.4, -0.2) is 17.9 Å². The van der Waals surface area contributed by atoms with Crippen molar-refractivity contribution in [1.82, 2.24) is 5.32 Å². The average molecular weight is 380 g/mol. The maximum absolute atomic E-state index is 13.3. The lowest BCUT2D eigenvalue weighted by atomic mass is 10.00. The van der Waals surface area contributed by atoms with Gasteiger partial charge in [-0.3, -0.25) is 9.59 Å². The average Bonchev–Trinajstić information content (AvgIpc) is 2.68. The minimum atomic E-state index is -1.01. The van der Waals surface area contributed by atoms with Crippen molar-refractivity contribution < 1.29 is 18.4 Å². The molecule has 0 fully saturated rings. The first-order valence-corrected chi connectivity index (χ1v) is 8.63. The van der Waals surface area contributed by atoms with Crippen molar-refractivity contribution in [3.05, 3.63) is 95.6 Å². The van der Waals surface area contributed by atoms with Gasteiger partial charge < -0.3 is 11.1 Å². The molecule has 6 heteroatoms. The van der Waals surface area contributed by atoms with Gasteiger partial charge in [-0.05, 0) is 28.8 Å². The molecule has 0 aliphatic rings. The zero-order valence-corrected chi connectivity index (χ0v) is 14.9. The third-order valence-corrected chi connectivity index (χ3v) is 4.27. The highest BCUT2D eigenvalue weighted by molar-refractivity contribution is 5.97. The molecule has 2 amide bonds. The zero-order chi connectivity index (χ0) is 20.1. The quantitative estimate of drug-likeness (QED) is 0.687. The molecule has 3 aromatic rings. The van der Waals surface area contributed by atoms with Crippen molar-refractivity contribution in [2.45, 2.75) is 12.5 Å². The number of nitrogens with two attached hydrogens (primary N) is 1. The highest BCUT2D eigenvalue weighted by Gasteiger charge is 2.20. The Labute approximate surface area is 161 Å². The molecule has 0 aromatic heterocycles. The summed E-state index contributed by atoms with van der Waals surface area (Å²) in [7, 11) is 0. The molecule has 0 spiro atoms. The Morgan fingerprint density at radius 2 is 1.43 bits per heavy atom. The minimum absolute atomic E-state index is 0.161. The van der Waals surface area contributed by atoms with E-state index in [4.69, 9.17) is 5.73 Å². The van der Waals surface area contributed by atoms with Gasteiger partial charge in [0.1, 0.15) is 17.7 Å². The van der Waals surface area contributed by atoms with Crippen LogP contribution in [0.1, 0.15) is 15.9 Å². The van der Waals surface area contributed by atoms with E-state index in [1.165, 1.54) is 0 Å². The first kappa shape index (κ1) is 19.2. The van der Waals surface area contributed by atoms with Crippen LogP contribution in [0.5, 0.6) is 0 Å². The molecule has 0 saturated carbocycles. The van der Waals surface area contributed by atoms with Crippen LogP contribution in [-0.2, 0) is 11.2 Å². The summed E-state index contributed by atoms with van der Waals surface area (Å²) >= 11 is 0. The predicted octanol–water partition coefficient (Wildman–Crippen LogP) is 3.46. The molecule has 0 bridgehead atoms. The Bertz CT molecular complexity index is 969. The van der Waals surface area contributed by atoms with Crippen molar-refractivity contribution in [3.8, 4) is 11.1 Å². The second-order valence-electron chi connectivity index (χ2n) is 6.35. The number of hydrogen-bond acceptors (Lipinski definition) is 2. The normalized spacial score (nSPS) is 11.6. The molecule has 0 unspecified atom stereocenters. The van der Waals surface area contributed by atoms with E-state index < -0.39 is 29.5 Å². The van der Waals surface area contributed by atoms with Crippen LogP contribution in [0, 0.1) is 11.6 Å². The number of amides is 2. The van der Waals surface area contributed by atoms with Crippen molar-refractivity contribution in [3.63, 3.8) is 0 Å². The monoisotopic (exact) mass is 380 g/mol. The van der Waals surface area contributed by atoms with E-state index >= 15 is 0 Å². The van der Waals surface area contributed by atoms with Gasteiger partial charge in [0.15, 0.2) is 0 Å². The molecule has 1 atom stereocenters. The summed E-state index contributed by atoms with van der Waals surface area (Å²) in [6, 6.07) is 18.7. The third-order valence-electron chi connectivity index (χ3n) is 4.27. The molecule has 0 heterocycles. The van der Waals surface area contributed by atoms with Gasteiger partial charge in [0, 0.05) is 18.1 Å². The van der Waals surface area contributed by atoms with E-state index in [1.807, 2.05) is 54.6 Å². The summed E-state index contributed by atoms with van der Waals surface area (Å²) in [6.07, 6.45) is 0.161. The summed E-state index contributed by atoms with van der Waals surface area (Å²) in [4.78, 5) is 24.0. The van der Waals surface area contributed by atoms with Gasteiger partial charge in [-0.2, -0.15) is 0 Å². The molecule has 0 aliphatic carbocycles. The summed E-state index contributed by atoms with van der Waals surface area (Å²) in [6.45, 7) is 0.